The Labute approximate surface area is 103 Å². The molecule has 0 N–H and O–H groups in total. The molecule has 1 aromatic rings. The maximum atomic E-state index is 11.6. The van der Waals surface area contributed by atoms with Crippen molar-refractivity contribution in [3.05, 3.63) is 32.2 Å². The van der Waals surface area contributed by atoms with Crippen LogP contribution in [0.3, 0.4) is 0 Å². The first-order valence-corrected chi connectivity index (χ1v) is 6.04. The molecule has 2 rings (SSSR count). The zero-order valence-corrected chi connectivity index (χ0v) is 10.2. The van der Waals surface area contributed by atoms with Gasteiger partial charge in [-0.05, 0) is 32.6 Å². The van der Waals surface area contributed by atoms with E-state index in [0.29, 0.717) is 24.1 Å². The number of rotatable bonds is 3. The second-order valence-electron chi connectivity index (χ2n) is 4.18. The predicted octanol–water partition coefficient (Wildman–Crippen LogP) is 0.243. The van der Waals surface area contributed by atoms with Crippen LogP contribution in [0.2, 0.25) is 0 Å². The van der Waals surface area contributed by atoms with Crippen LogP contribution in [-0.2, 0) is 28.9 Å². The Balaban J connectivity index is 2.43. The Bertz CT molecular complexity index is 569. The molecule has 0 bridgehead atoms. The number of carbonyl (C=O) groups is 1. The van der Waals surface area contributed by atoms with Crippen LogP contribution >= 0.6 is 0 Å². The van der Waals surface area contributed by atoms with Gasteiger partial charge in [-0.1, -0.05) is 0 Å². The summed E-state index contributed by atoms with van der Waals surface area (Å²) in [7, 11) is 0. The normalized spacial score (nSPS) is 14.1. The molecule has 0 saturated carbocycles. The van der Waals surface area contributed by atoms with E-state index >= 15 is 0 Å². The van der Waals surface area contributed by atoms with Crippen molar-refractivity contribution in [3.8, 4) is 0 Å². The fourth-order valence-corrected chi connectivity index (χ4v) is 2.21. The fourth-order valence-electron chi connectivity index (χ4n) is 2.21. The molecule has 98 valence electrons. The lowest BCUT2D eigenvalue weighted by Gasteiger charge is -2.18. The lowest BCUT2D eigenvalue weighted by Crippen LogP contribution is -2.34. The summed E-state index contributed by atoms with van der Waals surface area (Å²) in [4.78, 5) is 34.6. The molecule has 1 heterocycles. The Morgan fingerprint density at radius 1 is 1.33 bits per heavy atom. The third-order valence-corrected chi connectivity index (χ3v) is 3.00. The molecule has 6 heteroatoms. The van der Waals surface area contributed by atoms with Crippen LogP contribution in [0.5, 0.6) is 0 Å². The summed E-state index contributed by atoms with van der Waals surface area (Å²) in [5.74, 6) is -1.28. The molecule has 0 saturated heterocycles. The van der Waals surface area contributed by atoms with Gasteiger partial charge in [-0.3, -0.25) is 9.36 Å². The van der Waals surface area contributed by atoms with Crippen molar-refractivity contribution in [2.24, 2.45) is 0 Å². The SMILES string of the molecule is CCOC(=O)Cn1c2c(c(=O)oc1=O)CCCC2. The monoisotopic (exact) mass is 253 g/mol. The highest BCUT2D eigenvalue weighted by molar-refractivity contribution is 5.69. The average molecular weight is 253 g/mol. The molecule has 6 nitrogen and oxygen atoms in total. The third kappa shape index (κ3) is 2.37. The van der Waals surface area contributed by atoms with Gasteiger partial charge in [0.25, 0.3) is 0 Å². The van der Waals surface area contributed by atoms with Gasteiger partial charge in [0.15, 0.2) is 0 Å². The second-order valence-corrected chi connectivity index (χ2v) is 4.18. The number of hydrogen-bond donors (Lipinski definition) is 0. The zero-order chi connectivity index (χ0) is 13.1. The average Bonchev–Trinajstić information content (AvgIpc) is 2.35. The topological polar surface area (TPSA) is 78.5 Å². The maximum Gasteiger partial charge on any atom is 0.422 e. The minimum absolute atomic E-state index is 0.196. The Hall–Kier alpha value is -1.85. The van der Waals surface area contributed by atoms with Crippen molar-refractivity contribution >= 4 is 5.97 Å². The molecule has 0 amide bonds. The summed E-state index contributed by atoms with van der Waals surface area (Å²) < 4.78 is 10.6. The minimum atomic E-state index is -0.784. The molecule has 0 aromatic carbocycles. The van der Waals surface area contributed by atoms with E-state index in [-0.39, 0.29) is 13.2 Å². The Kier molecular flexibility index (Phi) is 3.64. The summed E-state index contributed by atoms with van der Waals surface area (Å²) in [5, 5.41) is 0. The van der Waals surface area contributed by atoms with Crippen molar-refractivity contribution in [3.63, 3.8) is 0 Å². The quantitative estimate of drug-likeness (QED) is 0.721. The molecular weight excluding hydrogens is 238 g/mol. The fraction of sp³-hybridized carbons (Fsp3) is 0.583. The molecule has 18 heavy (non-hydrogen) atoms. The zero-order valence-electron chi connectivity index (χ0n) is 10.2. The first-order valence-electron chi connectivity index (χ1n) is 6.04. The summed E-state index contributed by atoms with van der Waals surface area (Å²) in [6, 6.07) is 0. The first kappa shape index (κ1) is 12.6. The smallest absolute Gasteiger partial charge is 0.422 e. The van der Waals surface area contributed by atoms with E-state index in [1.165, 1.54) is 4.57 Å². The van der Waals surface area contributed by atoms with Gasteiger partial charge in [0.05, 0.1) is 12.2 Å². The van der Waals surface area contributed by atoms with E-state index in [1.54, 1.807) is 6.92 Å². The number of nitrogens with zero attached hydrogens (tertiary/aromatic N) is 1. The Morgan fingerprint density at radius 2 is 2.06 bits per heavy atom. The first-order chi connectivity index (χ1) is 8.63. The number of hydrogen-bond acceptors (Lipinski definition) is 5. The van der Waals surface area contributed by atoms with Crippen LogP contribution in [0.25, 0.3) is 0 Å². The molecule has 1 aliphatic carbocycles. The van der Waals surface area contributed by atoms with Gasteiger partial charge >= 0.3 is 17.4 Å². The number of aromatic nitrogens is 1. The van der Waals surface area contributed by atoms with Gasteiger partial charge in [-0.25, -0.2) is 9.59 Å². The summed E-state index contributed by atoms with van der Waals surface area (Å²) in [6.07, 6.45) is 3.02. The van der Waals surface area contributed by atoms with E-state index < -0.39 is 17.4 Å². The van der Waals surface area contributed by atoms with Crippen molar-refractivity contribution in [1.82, 2.24) is 4.57 Å². The summed E-state index contributed by atoms with van der Waals surface area (Å²) >= 11 is 0. The highest BCUT2D eigenvalue weighted by Crippen LogP contribution is 2.16. The van der Waals surface area contributed by atoms with Crippen LogP contribution < -0.4 is 11.4 Å². The van der Waals surface area contributed by atoms with Crippen LogP contribution in [0.4, 0.5) is 0 Å². The molecule has 0 spiro atoms. The highest BCUT2D eigenvalue weighted by Gasteiger charge is 2.21. The largest absolute Gasteiger partial charge is 0.465 e. The van der Waals surface area contributed by atoms with Gasteiger partial charge in [0, 0.05) is 5.69 Å². The molecule has 1 aromatic heterocycles. The number of ether oxygens (including phenoxy) is 1. The summed E-state index contributed by atoms with van der Waals surface area (Å²) in [6.45, 7) is 1.76. The van der Waals surface area contributed by atoms with Crippen molar-refractivity contribution < 1.29 is 13.9 Å². The van der Waals surface area contributed by atoms with E-state index in [9.17, 15) is 14.4 Å². The molecule has 0 atom stereocenters. The van der Waals surface area contributed by atoms with Crippen LogP contribution in [0.15, 0.2) is 14.0 Å². The van der Waals surface area contributed by atoms with E-state index in [4.69, 9.17) is 4.74 Å². The van der Waals surface area contributed by atoms with Gasteiger partial charge < -0.3 is 9.15 Å². The second kappa shape index (κ2) is 5.20. The van der Waals surface area contributed by atoms with Crippen molar-refractivity contribution in [1.29, 1.82) is 0 Å². The maximum absolute atomic E-state index is 11.6. The highest BCUT2D eigenvalue weighted by atomic mass is 16.5. The predicted molar refractivity (Wildman–Crippen MR) is 62.5 cm³/mol. The molecule has 0 radical (unpaired) electrons. The van der Waals surface area contributed by atoms with Crippen LogP contribution in [-0.4, -0.2) is 17.1 Å². The standard InChI is InChI=1S/C12H15NO5/c1-2-17-10(14)7-13-9-6-4-3-5-8(9)11(15)18-12(13)16/h2-7H2,1H3. The third-order valence-electron chi connectivity index (χ3n) is 3.00. The van der Waals surface area contributed by atoms with Gasteiger partial charge in [-0.2, -0.15) is 0 Å². The Morgan fingerprint density at radius 3 is 2.78 bits per heavy atom. The molecule has 0 aliphatic heterocycles. The van der Waals surface area contributed by atoms with E-state index in [1.807, 2.05) is 0 Å². The summed E-state index contributed by atoms with van der Waals surface area (Å²) in [5.41, 5.74) is 0.565. The number of esters is 1. The van der Waals surface area contributed by atoms with E-state index in [2.05, 4.69) is 4.42 Å². The van der Waals surface area contributed by atoms with Crippen LogP contribution in [0, 0.1) is 0 Å². The van der Waals surface area contributed by atoms with Crippen molar-refractivity contribution in [2.45, 2.75) is 39.2 Å². The lowest BCUT2D eigenvalue weighted by atomic mass is 9.97. The minimum Gasteiger partial charge on any atom is -0.465 e. The number of fused-ring (bicyclic) bond motifs is 1. The van der Waals surface area contributed by atoms with Gasteiger partial charge in [-0.15, -0.1) is 0 Å². The van der Waals surface area contributed by atoms with Gasteiger partial charge in [0.1, 0.15) is 6.54 Å². The molecule has 0 fully saturated rings. The number of carbonyl (C=O) groups excluding carboxylic acids is 1. The van der Waals surface area contributed by atoms with Crippen molar-refractivity contribution in [2.75, 3.05) is 6.61 Å². The lowest BCUT2D eigenvalue weighted by molar-refractivity contribution is -0.144. The molecular formula is C12H15NO5. The molecule has 1 aliphatic rings. The van der Waals surface area contributed by atoms with E-state index in [0.717, 1.165) is 12.8 Å². The van der Waals surface area contributed by atoms with Gasteiger partial charge in [0.2, 0.25) is 0 Å². The molecule has 0 unspecified atom stereocenters. The van der Waals surface area contributed by atoms with Crippen LogP contribution in [0.1, 0.15) is 31.0 Å².